The Balaban J connectivity index is 1.73. The molecule has 1 unspecified atom stereocenters. The van der Waals surface area contributed by atoms with Crippen LogP contribution in [0.4, 0.5) is 0 Å². The Hall–Kier alpha value is -0.450. The number of aryl methyl sites for hydroxylation is 1. The van der Waals surface area contributed by atoms with E-state index < -0.39 is 0 Å². The largest absolute Gasteiger partial charge is 0.308 e. The summed E-state index contributed by atoms with van der Waals surface area (Å²) in [6, 6.07) is 0.675. The van der Waals surface area contributed by atoms with Crippen molar-refractivity contribution in [2.75, 3.05) is 19.6 Å². The van der Waals surface area contributed by atoms with Gasteiger partial charge in [-0.05, 0) is 52.2 Å². The van der Waals surface area contributed by atoms with Crippen LogP contribution >= 0.6 is 11.3 Å². The summed E-state index contributed by atoms with van der Waals surface area (Å²) in [5.74, 6) is 0. The SMILES string of the molecule is CCCN1CCCC(NCc2csc(C)n2)CC1. The summed E-state index contributed by atoms with van der Waals surface area (Å²) in [6.07, 6.45) is 5.19. The van der Waals surface area contributed by atoms with Crippen molar-refractivity contribution in [3.05, 3.63) is 16.1 Å². The normalized spacial score (nSPS) is 22.0. The minimum Gasteiger partial charge on any atom is -0.308 e. The third-order valence-corrected chi connectivity index (χ3v) is 4.42. The zero-order valence-corrected chi connectivity index (χ0v) is 12.4. The molecule has 1 saturated heterocycles. The van der Waals surface area contributed by atoms with Crippen LogP contribution in [0.15, 0.2) is 5.38 Å². The van der Waals surface area contributed by atoms with Crippen molar-refractivity contribution in [2.45, 2.75) is 52.1 Å². The highest BCUT2D eigenvalue weighted by Crippen LogP contribution is 2.13. The fraction of sp³-hybridized carbons (Fsp3) is 0.786. The van der Waals surface area contributed by atoms with E-state index in [9.17, 15) is 0 Å². The van der Waals surface area contributed by atoms with Crippen LogP contribution in [-0.2, 0) is 6.54 Å². The molecule has 0 bridgehead atoms. The van der Waals surface area contributed by atoms with Gasteiger partial charge in [0.15, 0.2) is 0 Å². The summed E-state index contributed by atoms with van der Waals surface area (Å²) in [4.78, 5) is 7.11. The van der Waals surface area contributed by atoms with E-state index in [1.807, 2.05) is 0 Å². The molecule has 1 aromatic rings. The molecule has 1 atom stereocenters. The standard InChI is InChI=1S/C14H25N3S/c1-3-7-17-8-4-5-13(6-9-17)15-10-14-11-18-12(2)16-14/h11,13,15H,3-10H2,1-2H3. The lowest BCUT2D eigenvalue weighted by molar-refractivity contribution is 0.282. The molecular weight excluding hydrogens is 242 g/mol. The number of aromatic nitrogens is 1. The van der Waals surface area contributed by atoms with Gasteiger partial charge >= 0.3 is 0 Å². The van der Waals surface area contributed by atoms with Crippen molar-refractivity contribution < 1.29 is 0 Å². The zero-order valence-electron chi connectivity index (χ0n) is 11.6. The van der Waals surface area contributed by atoms with Crippen LogP contribution in [0.1, 0.15) is 43.3 Å². The van der Waals surface area contributed by atoms with Crippen molar-refractivity contribution in [1.82, 2.24) is 15.2 Å². The first-order valence-electron chi connectivity index (χ1n) is 7.14. The molecule has 0 saturated carbocycles. The van der Waals surface area contributed by atoms with E-state index in [1.54, 1.807) is 11.3 Å². The summed E-state index contributed by atoms with van der Waals surface area (Å²) < 4.78 is 0. The van der Waals surface area contributed by atoms with Crippen molar-refractivity contribution in [3.63, 3.8) is 0 Å². The Labute approximate surface area is 115 Å². The topological polar surface area (TPSA) is 28.2 Å². The van der Waals surface area contributed by atoms with Gasteiger partial charge in [-0.1, -0.05) is 6.92 Å². The van der Waals surface area contributed by atoms with Gasteiger partial charge in [0.05, 0.1) is 10.7 Å². The minimum absolute atomic E-state index is 0.675. The van der Waals surface area contributed by atoms with Gasteiger partial charge in [-0.3, -0.25) is 0 Å². The van der Waals surface area contributed by atoms with E-state index in [4.69, 9.17) is 0 Å². The first-order chi connectivity index (χ1) is 8.78. The molecule has 3 nitrogen and oxygen atoms in total. The first-order valence-corrected chi connectivity index (χ1v) is 8.02. The molecule has 0 spiro atoms. The number of nitrogens with one attached hydrogen (secondary N) is 1. The lowest BCUT2D eigenvalue weighted by Gasteiger charge is -2.19. The van der Waals surface area contributed by atoms with Crippen LogP contribution in [0.25, 0.3) is 0 Å². The Kier molecular flexibility index (Phi) is 5.60. The second-order valence-electron chi connectivity index (χ2n) is 5.21. The fourth-order valence-corrected chi connectivity index (χ4v) is 3.25. The van der Waals surface area contributed by atoms with Gasteiger partial charge in [0.1, 0.15) is 0 Å². The van der Waals surface area contributed by atoms with E-state index in [0.29, 0.717) is 6.04 Å². The second-order valence-corrected chi connectivity index (χ2v) is 6.27. The van der Waals surface area contributed by atoms with E-state index in [1.165, 1.54) is 56.0 Å². The highest BCUT2D eigenvalue weighted by molar-refractivity contribution is 7.09. The second kappa shape index (κ2) is 7.22. The van der Waals surface area contributed by atoms with E-state index in [-0.39, 0.29) is 0 Å². The van der Waals surface area contributed by atoms with E-state index >= 15 is 0 Å². The molecule has 1 N–H and O–H groups in total. The quantitative estimate of drug-likeness (QED) is 0.889. The van der Waals surface area contributed by atoms with Crippen LogP contribution in [0.2, 0.25) is 0 Å². The van der Waals surface area contributed by atoms with Gasteiger partial charge in [-0.15, -0.1) is 11.3 Å². The van der Waals surface area contributed by atoms with E-state index in [0.717, 1.165) is 6.54 Å². The first kappa shape index (κ1) is 14.0. The number of nitrogens with zero attached hydrogens (tertiary/aromatic N) is 2. The predicted molar refractivity (Wildman–Crippen MR) is 78.1 cm³/mol. The monoisotopic (exact) mass is 267 g/mol. The fourth-order valence-electron chi connectivity index (χ4n) is 2.64. The van der Waals surface area contributed by atoms with Gasteiger partial charge < -0.3 is 10.2 Å². The molecule has 0 aromatic carbocycles. The predicted octanol–water partition coefficient (Wildman–Crippen LogP) is 2.81. The number of hydrogen-bond donors (Lipinski definition) is 1. The molecule has 2 rings (SSSR count). The van der Waals surface area contributed by atoms with E-state index in [2.05, 4.69) is 34.4 Å². The smallest absolute Gasteiger partial charge is 0.0897 e. The molecular formula is C14H25N3S. The maximum atomic E-state index is 4.51. The molecule has 4 heteroatoms. The third kappa shape index (κ3) is 4.34. The van der Waals surface area contributed by atoms with Gasteiger partial charge in [0.2, 0.25) is 0 Å². The van der Waals surface area contributed by atoms with Crippen molar-refractivity contribution >= 4 is 11.3 Å². The molecule has 1 fully saturated rings. The Morgan fingerprint density at radius 3 is 3.06 bits per heavy atom. The molecule has 2 heterocycles. The van der Waals surface area contributed by atoms with Crippen LogP contribution in [-0.4, -0.2) is 35.6 Å². The molecule has 1 aromatic heterocycles. The number of thiazole rings is 1. The Bertz CT molecular complexity index is 351. The molecule has 18 heavy (non-hydrogen) atoms. The highest BCUT2D eigenvalue weighted by Gasteiger charge is 2.16. The van der Waals surface area contributed by atoms with Crippen molar-refractivity contribution in [1.29, 1.82) is 0 Å². The molecule has 1 aliphatic rings. The average Bonchev–Trinajstić information content (AvgIpc) is 2.64. The summed E-state index contributed by atoms with van der Waals surface area (Å²) >= 11 is 1.74. The lowest BCUT2D eigenvalue weighted by atomic mass is 10.1. The molecule has 0 aliphatic carbocycles. The van der Waals surface area contributed by atoms with Crippen molar-refractivity contribution in [2.24, 2.45) is 0 Å². The summed E-state index contributed by atoms with van der Waals surface area (Å²) in [7, 11) is 0. The maximum absolute atomic E-state index is 4.51. The van der Waals surface area contributed by atoms with Gasteiger partial charge in [-0.2, -0.15) is 0 Å². The highest BCUT2D eigenvalue weighted by atomic mass is 32.1. The molecule has 102 valence electrons. The summed E-state index contributed by atoms with van der Waals surface area (Å²) in [5, 5.41) is 7.01. The number of rotatable bonds is 5. The van der Waals surface area contributed by atoms with Gasteiger partial charge in [-0.25, -0.2) is 4.98 Å². The zero-order chi connectivity index (χ0) is 12.8. The third-order valence-electron chi connectivity index (χ3n) is 3.60. The van der Waals surface area contributed by atoms with Gasteiger partial charge in [0.25, 0.3) is 0 Å². The van der Waals surface area contributed by atoms with Crippen LogP contribution in [0.3, 0.4) is 0 Å². The number of hydrogen-bond acceptors (Lipinski definition) is 4. The van der Waals surface area contributed by atoms with Crippen LogP contribution in [0, 0.1) is 6.92 Å². The molecule has 1 aliphatic heterocycles. The van der Waals surface area contributed by atoms with Gasteiger partial charge in [0, 0.05) is 18.0 Å². The molecule has 0 amide bonds. The molecule has 0 radical (unpaired) electrons. The summed E-state index contributed by atoms with van der Waals surface area (Å²) in [5.41, 5.74) is 1.20. The van der Waals surface area contributed by atoms with Crippen molar-refractivity contribution in [3.8, 4) is 0 Å². The average molecular weight is 267 g/mol. The van der Waals surface area contributed by atoms with Crippen LogP contribution < -0.4 is 5.32 Å². The maximum Gasteiger partial charge on any atom is 0.0897 e. The number of likely N-dealkylation sites (tertiary alicyclic amines) is 1. The van der Waals surface area contributed by atoms with Crippen LogP contribution in [0.5, 0.6) is 0 Å². The lowest BCUT2D eigenvalue weighted by Crippen LogP contribution is -2.31. The minimum atomic E-state index is 0.675. The summed E-state index contributed by atoms with van der Waals surface area (Å²) in [6.45, 7) is 9.07. The Morgan fingerprint density at radius 1 is 1.44 bits per heavy atom. The Morgan fingerprint density at radius 2 is 2.33 bits per heavy atom.